The van der Waals surface area contributed by atoms with Crippen LogP contribution in [0.3, 0.4) is 0 Å². The molecule has 0 aromatic heterocycles. The Morgan fingerprint density at radius 3 is 2.13 bits per heavy atom. The fourth-order valence-electron chi connectivity index (χ4n) is 2.62. The molecule has 2 rings (SSSR count). The maximum atomic E-state index is 12.2. The van der Waals surface area contributed by atoms with Crippen molar-refractivity contribution in [2.24, 2.45) is 11.3 Å². The molecule has 2 aliphatic rings. The summed E-state index contributed by atoms with van der Waals surface area (Å²) in [6, 6.07) is 0.860. The molecule has 3 atom stereocenters. The lowest BCUT2D eigenvalue weighted by Gasteiger charge is -2.36. The smallest absolute Gasteiger partial charge is 0.226 e. The number of rotatable bonds is 1. The van der Waals surface area contributed by atoms with E-state index in [4.69, 9.17) is 0 Å². The highest BCUT2D eigenvalue weighted by Crippen LogP contribution is 2.52. The minimum atomic E-state index is 0.258. The normalized spacial score (nSPS) is 38.9. The van der Waals surface area contributed by atoms with Crippen molar-refractivity contribution in [3.63, 3.8) is 0 Å². The van der Waals surface area contributed by atoms with Crippen LogP contribution in [0.25, 0.3) is 0 Å². The van der Waals surface area contributed by atoms with Crippen molar-refractivity contribution in [2.75, 3.05) is 13.1 Å². The van der Waals surface area contributed by atoms with Crippen molar-refractivity contribution in [1.82, 2.24) is 10.2 Å². The number of carbonyl (C=O) groups is 1. The summed E-state index contributed by atoms with van der Waals surface area (Å²) in [5, 5.41) is 3.45. The van der Waals surface area contributed by atoms with Crippen LogP contribution in [-0.2, 0) is 4.79 Å². The first-order chi connectivity index (χ1) is 6.90. The summed E-state index contributed by atoms with van der Waals surface area (Å²) in [7, 11) is 0. The Balaban J connectivity index is 1.96. The van der Waals surface area contributed by atoms with Gasteiger partial charge in [-0.25, -0.2) is 0 Å². The van der Waals surface area contributed by atoms with E-state index in [1.54, 1.807) is 0 Å². The Bertz CT molecular complexity index is 265. The molecule has 1 amide bonds. The molecule has 0 bridgehead atoms. The van der Waals surface area contributed by atoms with E-state index in [9.17, 15) is 4.79 Å². The van der Waals surface area contributed by atoms with E-state index < -0.39 is 0 Å². The first-order valence-electron chi connectivity index (χ1n) is 5.95. The molecular formula is C12H22N2O. The molecule has 0 spiro atoms. The van der Waals surface area contributed by atoms with Gasteiger partial charge in [-0.2, -0.15) is 0 Å². The van der Waals surface area contributed by atoms with E-state index in [1.165, 1.54) is 0 Å². The maximum Gasteiger partial charge on any atom is 0.226 e. The van der Waals surface area contributed by atoms with Gasteiger partial charge in [-0.1, -0.05) is 13.8 Å². The average molecular weight is 210 g/mol. The zero-order valence-electron chi connectivity index (χ0n) is 10.2. The highest BCUT2D eigenvalue weighted by molar-refractivity contribution is 5.82. The van der Waals surface area contributed by atoms with Crippen molar-refractivity contribution in [2.45, 2.75) is 46.2 Å². The molecule has 86 valence electrons. The van der Waals surface area contributed by atoms with Crippen LogP contribution in [0, 0.1) is 11.3 Å². The molecule has 0 aromatic carbocycles. The Labute approximate surface area is 92.2 Å². The summed E-state index contributed by atoms with van der Waals surface area (Å²) in [6.07, 6.45) is 1.07. The number of hydrogen-bond acceptors (Lipinski definition) is 2. The van der Waals surface area contributed by atoms with E-state index in [0.717, 1.165) is 19.5 Å². The van der Waals surface area contributed by atoms with Crippen molar-refractivity contribution < 1.29 is 4.79 Å². The second-order valence-corrected chi connectivity index (χ2v) is 5.96. The van der Waals surface area contributed by atoms with Crippen molar-refractivity contribution in [3.05, 3.63) is 0 Å². The average Bonchev–Trinajstić information content (AvgIpc) is 2.72. The summed E-state index contributed by atoms with van der Waals surface area (Å²) >= 11 is 0. The van der Waals surface area contributed by atoms with Crippen molar-refractivity contribution in [3.8, 4) is 0 Å². The van der Waals surface area contributed by atoms with Gasteiger partial charge in [0.15, 0.2) is 0 Å². The van der Waals surface area contributed by atoms with Gasteiger partial charge in [-0.3, -0.25) is 4.79 Å². The predicted molar refractivity (Wildman–Crippen MR) is 60.5 cm³/mol. The number of piperazine rings is 1. The summed E-state index contributed by atoms with van der Waals surface area (Å²) in [4.78, 5) is 14.2. The molecule has 2 fully saturated rings. The van der Waals surface area contributed by atoms with Gasteiger partial charge >= 0.3 is 0 Å². The SMILES string of the molecule is CC1CN(C(=O)C2CC2(C)C)CC(C)N1. The topological polar surface area (TPSA) is 32.3 Å². The van der Waals surface area contributed by atoms with Crippen LogP contribution in [0.15, 0.2) is 0 Å². The first-order valence-corrected chi connectivity index (χ1v) is 5.95. The number of nitrogens with one attached hydrogen (secondary N) is 1. The zero-order valence-corrected chi connectivity index (χ0v) is 10.2. The fraction of sp³-hybridized carbons (Fsp3) is 0.917. The fourth-order valence-corrected chi connectivity index (χ4v) is 2.62. The molecule has 0 radical (unpaired) electrons. The van der Waals surface area contributed by atoms with Gasteiger partial charge in [0.25, 0.3) is 0 Å². The summed E-state index contributed by atoms with van der Waals surface area (Å²) in [6.45, 7) is 10.4. The molecule has 0 aromatic rings. The Morgan fingerprint density at radius 1 is 1.27 bits per heavy atom. The highest BCUT2D eigenvalue weighted by Gasteiger charge is 2.52. The van der Waals surface area contributed by atoms with Gasteiger partial charge in [0, 0.05) is 31.1 Å². The molecule has 1 heterocycles. The van der Waals surface area contributed by atoms with E-state index in [1.807, 2.05) is 4.90 Å². The van der Waals surface area contributed by atoms with E-state index >= 15 is 0 Å². The van der Waals surface area contributed by atoms with Gasteiger partial charge < -0.3 is 10.2 Å². The molecule has 1 aliphatic heterocycles. The zero-order chi connectivity index (χ0) is 11.2. The Morgan fingerprint density at radius 2 is 1.73 bits per heavy atom. The maximum absolute atomic E-state index is 12.2. The molecule has 3 heteroatoms. The molecule has 3 unspecified atom stereocenters. The van der Waals surface area contributed by atoms with E-state index in [0.29, 0.717) is 18.0 Å². The lowest BCUT2D eigenvalue weighted by atomic mass is 10.1. The largest absolute Gasteiger partial charge is 0.339 e. The van der Waals surface area contributed by atoms with Crippen LogP contribution >= 0.6 is 0 Å². The summed E-state index contributed by atoms with van der Waals surface area (Å²) < 4.78 is 0. The van der Waals surface area contributed by atoms with Crippen LogP contribution in [-0.4, -0.2) is 36.0 Å². The Kier molecular flexibility index (Phi) is 2.53. The van der Waals surface area contributed by atoms with Crippen molar-refractivity contribution in [1.29, 1.82) is 0 Å². The van der Waals surface area contributed by atoms with Gasteiger partial charge in [-0.05, 0) is 25.7 Å². The number of amides is 1. The molecule has 3 nitrogen and oxygen atoms in total. The molecule has 1 N–H and O–H groups in total. The highest BCUT2D eigenvalue weighted by atomic mass is 16.2. The third-order valence-electron chi connectivity index (χ3n) is 3.68. The molecular weight excluding hydrogens is 188 g/mol. The van der Waals surface area contributed by atoms with Gasteiger partial charge in [0.2, 0.25) is 5.91 Å². The standard InChI is InChI=1S/C12H22N2O/c1-8-6-14(7-9(2)13-8)11(15)10-5-12(10,3)4/h8-10,13H,5-7H2,1-4H3. The molecule has 1 saturated carbocycles. The van der Waals surface area contributed by atoms with Crippen LogP contribution in [0.5, 0.6) is 0 Å². The minimum absolute atomic E-state index is 0.258. The Hall–Kier alpha value is -0.570. The van der Waals surface area contributed by atoms with Crippen LogP contribution in [0.4, 0.5) is 0 Å². The van der Waals surface area contributed by atoms with Crippen LogP contribution < -0.4 is 5.32 Å². The number of carbonyl (C=O) groups excluding carboxylic acids is 1. The molecule has 1 aliphatic carbocycles. The number of hydrogen-bond donors (Lipinski definition) is 1. The number of nitrogens with zero attached hydrogens (tertiary/aromatic N) is 1. The molecule has 1 saturated heterocycles. The van der Waals surface area contributed by atoms with Crippen LogP contribution in [0.2, 0.25) is 0 Å². The quantitative estimate of drug-likeness (QED) is 0.706. The second-order valence-electron chi connectivity index (χ2n) is 5.96. The lowest BCUT2D eigenvalue weighted by Crippen LogP contribution is -2.56. The van der Waals surface area contributed by atoms with Crippen molar-refractivity contribution >= 4 is 5.91 Å². The van der Waals surface area contributed by atoms with Gasteiger partial charge in [0.1, 0.15) is 0 Å². The predicted octanol–water partition coefficient (Wildman–Crippen LogP) is 1.24. The minimum Gasteiger partial charge on any atom is -0.339 e. The van der Waals surface area contributed by atoms with E-state index in [-0.39, 0.29) is 11.3 Å². The first kappa shape index (κ1) is 10.9. The van der Waals surface area contributed by atoms with E-state index in [2.05, 4.69) is 33.0 Å². The van der Waals surface area contributed by atoms with Gasteiger partial charge in [-0.15, -0.1) is 0 Å². The monoisotopic (exact) mass is 210 g/mol. The lowest BCUT2D eigenvalue weighted by molar-refractivity contribution is -0.135. The molecule has 15 heavy (non-hydrogen) atoms. The third-order valence-corrected chi connectivity index (χ3v) is 3.68. The summed E-state index contributed by atoms with van der Waals surface area (Å²) in [5.74, 6) is 0.662. The van der Waals surface area contributed by atoms with Crippen LogP contribution in [0.1, 0.15) is 34.1 Å². The third kappa shape index (κ3) is 2.17. The van der Waals surface area contributed by atoms with Gasteiger partial charge in [0.05, 0.1) is 0 Å². The second kappa shape index (κ2) is 3.48. The summed E-state index contributed by atoms with van der Waals surface area (Å²) in [5.41, 5.74) is 0.258.